The highest BCUT2D eigenvalue weighted by molar-refractivity contribution is 5.98. The van der Waals surface area contributed by atoms with Gasteiger partial charge in [-0.25, -0.2) is 0 Å². The second kappa shape index (κ2) is 10.6. The average Bonchev–Trinajstić information content (AvgIpc) is 3.36. The molecule has 0 aromatic heterocycles. The van der Waals surface area contributed by atoms with Gasteiger partial charge in [-0.2, -0.15) is 0 Å². The highest BCUT2D eigenvalue weighted by atomic mass is 16.6. The fourth-order valence-electron chi connectivity index (χ4n) is 6.26. The summed E-state index contributed by atoms with van der Waals surface area (Å²) in [5, 5.41) is 9.73. The number of hydrogen-bond donors (Lipinski definition) is 1. The Bertz CT molecular complexity index is 815. The van der Waals surface area contributed by atoms with E-state index in [2.05, 4.69) is 20.1 Å². The normalized spacial score (nSPS) is 32.4. The van der Waals surface area contributed by atoms with Crippen LogP contribution in [-0.2, 0) is 23.9 Å². The molecule has 8 nitrogen and oxygen atoms in total. The maximum absolute atomic E-state index is 14.0. The number of esters is 1. The van der Waals surface area contributed by atoms with Gasteiger partial charge in [-0.15, -0.1) is 13.2 Å². The number of fused-ring (bicyclic) bond motifs is 1. The third kappa shape index (κ3) is 4.31. The first-order valence-corrected chi connectivity index (χ1v) is 12.5. The molecule has 2 amide bonds. The van der Waals surface area contributed by atoms with E-state index in [0.29, 0.717) is 25.8 Å². The lowest BCUT2D eigenvalue weighted by atomic mass is 9.66. The van der Waals surface area contributed by atoms with E-state index in [0.717, 1.165) is 19.3 Å². The van der Waals surface area contributed by atoms with Crippen LogP contribution in [0, 0.1) is 11.8 Å². The molecule has 6 atom stereocenters. The van der Waals surface area contributed by atoms with Crippen molar-refractivity contribution in [1.82, 2.24) is 9.80 Å². The third-order valence-electron chi connectivity index (χ3n) is 7.75. The van der Waals surface area contributed by atoms with Crippen molar-refractivity contribution in [2.24, 2.45) is 11.8 Å². The zero-order valence-electron chi connectivity index (χ0n) is 20.8. The van der Waals surface area contributed by atoms with Crippen LogP contribution < -0.4 is 0 Å². The summed E-state index contributed by atoms with van der Waals surface area (Å²) in [4.78, 5) is 44.1. The van der Waals surface area contributed by atoms with Crippen molar-refractivity contribution in [2.75, 3.05) is 26.3 Å². The molecule has 34 heavy (non-hydrogen) atoms. The van der Waals surface area contributed by atoms with Crippen LogP contribution in [0.4, 0.5) is 0 Å². The molecule has 3 aliphatic heterocycles. The summed E-state index contributed by atoms with van der Waals surface area (Å²) in [6, 6.07) is -0.936. The monoisotopic (exact) mass is 476 g/mol. The Morgan fingerprint density at radius 2 is 2.09 bits per heavy atom. The van der Waals surface area contributed by atoms with Gasteiger partial charge in [0.25, 0.3) is 0 Å². The first kappa shape index (κ1) is 26.4. The molecule has 3 aliphatic rings. The van der Waals surface area contributed by atoms with E-state index in [4.69, 9.17) is 9.47 Å². The standard InChI is InChI=1S/C26H40N2O6/c1-6-9-10-17-33-24(32)20-19-22(30)28(15-16-29)21(26(19)13-12-25(20,5)34-26)23(31)27(14-8-3)18(4)11-7-2/h6,8,18-21,29H,1,3,7,9-17H2,2,4-5H3/t18?,19-,20-,21?,25+,26?/m0/s1. The lowest BCUT2D eigenvalue weighted by Gasteiger charge is -2.38. The van der Waals surface area contributed by atoms with Gasteiger partial charge in [0.15, 0.2) is 0 Å². The Morgan fingerprint density at radius 3 is 2.71 bits per heavy atom. The third-order valence-corrected chi connectivity index (χ3v) is 7.75. The lowest BCUT2D eigenvalue weighted by Crippen LogP contribution is -2.58. The molecule has 0 aromatic carbocycles. The average molecular weight is 477 g/mol. The van der Waals surface area contributed by atoms with Crippen molar-refractivity contribution in [3.63, 3.8) is 0 Å². The van der Waals surface area contributed by atoms with E-state index in [1.807, 2.05) is 13.8 Å². The van der Waals surface area contributed by atoms with Gasteiger partial charge in [0.05, 0.1) is 24.7 Å². The number of carbonyl (C=O) groups excluding carboxylic acids is 3. The molecule has 0 aliphatic carbocycles. The highest BCUT2D eigenvalue weighted by Crippen LogP contribution is 2.63. The second-order valence-corrected chi connectivity index (χ2v) is 10.00. The molecule has 3 heterocycles. The Hall–Kier alpha value is -2.19. The first-order valence-electron chi connectivity index (χ1n) is 12.5. The topological polar surface area (TPSA) is 96.4 Å². The predicted octanol–water partition coefficient (Wildman–Crippen LogP) is 2.46. The minimum Gasteiger partial charge on any atom is -0.465 e. The molecule has 0 aromatic rings. The van der Waals surface area contributed by atoms with Crippen LogP contribution in [0.5, 0.6) is 0 Å². The Morgan fingerprint density at radius 1 is 1.35 bits per heavy atom. The van der Waals surface area contributed by atoms with Gasteiger partial charge in [0, 0.05) is 19.1 Å². The van der Waals surface area contributed by atoms with Gasteiger partial charge in [-0.3, -0.25) is 14.4 Å². The zero-order valence-corrected chi connectivity index (χ0v) is 20.8. The molecule has 0 saturated carbocycles. The smallest absolute Gasteiger partial charge is 0.312 e. The Labute approximate surface area is 202 Å². The molecule has 3 unspecified atom stereocenters. The van der Waals surface area contributed by atoms with Crippen LogP contribution in [0.1, 0.15) is 59.3 Å². The number of amides is 2. The summed E-state index contributed by atoms with van der Waals surface area (Å²) in [6.07, 6.45) is 7.63. The van der Waals surface area contributed by atoms with E-state index in [1.54, 1.807) is 17.1 Å². The van der Waals surface area contributed by atoms with E-state index in [-0.39, 0.29) is 37.6 Å². The number of unbranched alkanes of at least 4 members (excludes halogenated alkanes) is 1. The minimum absolute atomic E-state index is 0.0127. The number of hydrogen-bond acceptors (Lipinski definition) is 6. The lowest BCUT2D eigenvalue weighted by molar-refractivity contribution is -0.160. The van der Waals surface area contributed by atoms with Gasteiger partial charge in [0.1, 0.15) is 17.6 Å². The number of β-amino-alcohol motifs (C(OH)–C–C–N with tert-alkyl or cyclic N) is 1. The number of aliphatic hydroxyl groups is 1. The highest BCUT2D eigenvalue weighted by Gasteiger charge is 2.78. The van der Waals surface area contributed by atoms with Crippen molar-refractivity contribution in [1.29, 1.82) is 0 Å². The summed E-state index contributed by atoms with van der Waals surface area (Å²) >= 11 is 0. The maximum Gasteiger partial charge on any atom is 0.312 e. The number of likely N-dealkylation sites (tertiary alicyclic amines) is 1. The number of carbonyl (C=O) groups is 3. The van der Waals surface area contributed by atoms with E-state index >= 15 is 0 Å². The van der Waals surface area contributed by atoms with Gasteiger partial charge < -0.3 is 24.4 Å². The molecule has 1 N–H and O–H groups in total. The van der Waals surface area contributed by atoms with Crippen molar-refractivity contribution < 1.29 is 29.0 Å². The van der Waals surface area contributed by atoms with Crippen molar-refractivity contribution >= 4 is 17.8 Å². The van der Waals surface area contributed by atoms with Crippen LogP contribution in [-0.4, -0.2) is 82.3 Å². The molecule has 3 saturated heterocycles. The number of rotatable bonds is 13. The predicted molar refractivity (Wildman–Crippen MR) is 128 cm³/mol. The second-order valence-electron chi connectivity index (χ2n) is 10.00. The largest absolute Gasteiger partial charge is 0.465 e. The quantitative estimate of drug-likeness (QED) is 0.249. The summed E-state index contributed by atoms with van der Waals surface area (Å²) in [5.41, 5.74) is -1.97. The summed E-state index contributed by atoms with van der Waals surface area (Å²) in [5.74, 6) is -2.56. The minimum atomic E-state index is -1.10. The van der Waals surface area contributed by atoms with Gasteiger partial charge >= 0.3 is 5.97 Å². The SMILES string of the molecule is C=CCCCOC(=O)[C@@H]1[C@H]2C(=O)N(CCO)C(C(=O)N(CC=C)C(C)CCC)C23CC[C@@]1(C)O3. The maximum atomic E-state index is 14.0. The van der Waals surface area contributed by atoms with E-state index < -0.39 is 35.0 Å². The van der Waals surface area contributed by atoms with Crippen LogP contribution in [0.15, 0.2) is 25.3 Å². The number of ether oxygens (including phenoxy) is 2. The van der Waals surface area contributed by atoms with Crippen LogP contribution in [0.2, 0.25) is 0 Å². The van der Waals surface area contributed by atoms with Gasteiger partial charge in [0.2, 0.25) is 11.8 Å². The first-order chi connectivity index (χ1) is 16.2. The number of aliphatic hydroxyl groups excluding tert-OH is 1. The molecule has 2 bridgehead atoms. The fourth-order valence-corrected chi connectivity index (χ4v) is 6.26. The molecule has 0 radical (unpaired) electrons. The molecule has 190 valence electrons. The molecule has 8 heteroatoms. The van der Waals surface area contributed by atoms with Crippen LogP contribution in [0.25, 0.3) is 0 Å². The van der Waals surface area contributed by atoms with Gasteiger partial charge in [-0.1, -0.05) is 25.5 Å². The van der Waals surface area contributed by atoms with E-state index in [9.17, 15) is 19.5 Å². The molecule has 3 fully saturated rings. The van der Waals surface area contributed by atoms with Crippen LogP contribution >= 0.6 is 0 Å². The van der Waals surface area contributed by atoms with Crippen molar-refractivity contribution in [2.45, 2.75) is 82.6 Å². The summed E-state index contributed by atoms with van der Waals surface area (Å²) in [7, 11) is 0. The summed E-state index contributed by atoms with van der Waals surface area (Å²) in [6.45, 7) is 13.7. The zero-order chi connectivity index (χ0) is 25.1. The van der Waals surface area contributed by atoms with Gasteiger partial charge in [-0.05, 0) is 46.0 Å². The van der Waals surface area contributed by atoms with E-state index in [1.165, 1.54) is 4.90 Å². The number of nitrogens with zero attached hydrogens (tertiary/aromatic N) is 2. The summed E-state index contributed by atoms with van der Waals surface area (Å²) < 4.78 is 12.1. The molecular weight excluding hydrogens is 436 g/mol. The molecule has 1 spiro atoms. The van der Waals surface area contributed by atoms with Crippen molar-refractivity contribution in [3.8, 4) is 0 Å². The Balaban J connectivity index is 1.97. The molecule has 3 rings (SSSR count). The fraction of sp³-hybridized carbons (Fsp3) is 0.731. The Kier molecular flexibility index (Phi) is 8.24. The molecular formula is C26H40N2O6. The number of allylic oxidation sites excluding steroid dienone is 1. The van der Waals surface area contributed by atoms with Crippen LogP contribution in [0.3, 0.4) is 0 Å². The van der Waals surface area contributed by atoms with Crippen molar-refractivity contribution in [3.05, 3.63) is 25.3 Å².